The van der Waals surface area contributed by atoms with Crippen molar-refractivity contribution in [3.63, 3.8) is 0 Å². The molecule has 0 bridgehead atoms. The van der Waals surface area contributed by atoms with Crippen LogP contribution in [0.4, 0.5) is 0 Å². The van der Waals surface area contributed by atoms with Gasteiger partial charge in [0.2, 0.25) is 10.8 Å². The average molecular weight is 418 g/mol. The summed E-state index contributed by atoms with van der Waals surface area (Å²) in [6.45, 7) is 3.41. The Labute approximate surface area is 172 Å². The van der Waals surface area contributed by atoms with E-state index in [1.807, 2.05) is 24.3 Å². The van der Waals surface area contributed by atoms with E-state index in [1.165, 1.54) is 27.9 Å². The van der Waals surface area contributed by atoms with Gasteiger partial charge in [0.25, 0.3) is 0 Å². The summed E-state index contributed by atoms with van der Waals surface area (Å²) in [7, 11) is 3.08. The van der Waals surface area contributed by atoms with E-state index in [-0.39, 0.29) is 23.8 Å². The topological polar surface area (TPSA) is 90.4 Å². The largest absolute Gasteiger partial charge is 0.497 e. The zero-order valence-corrected chi connectivity index (χ0v) is 17.5. The van der Waals surface area contributed by atoms with Gasteiger partial charge in [-0.05, 0) is 19.1 Å². The van der Waals surface area contributed by atoms with Crippen LogP contribution >= 0.6 is 11.3 Å². The summed E-state index contributed by atoms with van der Waals surface area (Å²) < 4.78 is 11.8. The van der Waals surface area contributed by atoms with Crippen molar-refractivity contribution < 1.29 is 24.3 Å². The second-order valence-electron chi connectivity index (χ2n) is 7.31. The summed E-state index contributed by atoms with van der Waals surface area (Å²) >= 11 is 1.45. The van der Waals surface area contributed by atoms with Crippen molar-refractivity contribution in [2.24, 2.45) is 5.92 Å². The number of benzene rings is 1. The second-order valence-corrected chi connectivity index (χ2v) is 8.32. The molecule has 8 nitrogen and oxygen atoms in total. The number of aromatic hydroxyl groups is 1. The van der Waals surface area contributed by atoms with Crippen molar-refractivity contribution in [3.8, 4) is 11.6 Å². The highest BCUT2D eigenvalue weighted by molar-refractivity contribution is 7.17. The van der Waals surface area contributed by atoms with Gasteiger partial charge in [-0.25, -0.2) is 4.98 Å². The molecule has 0 unspecified atom stereocenters. The number of hydrogen-bond donors (Lipinski definition) is 2. The lowest BCUT2D eigenvalue weighted by molar-refractivity contribution is -0.930. The maximum absolute atomic E-state index is 11.9. The van der Waals surface area contributed by atoms with Crippen molar-refractivity contribution in [2.75, 3.05) is 27.3 Å². The number of thiazole rings is 1. The van der Waals surface area contributed by atoms with Crippen LogP contribution in [0, 0.1) is 12.8 Å². The number of ether oxygens (including phenoxy) is 2. The van der Waals surface area contributed by atoms with Crippen molar-refractivity contribution in [3.05, 3.63) is 40.5 Å². The van der Waals surface area contributed by atoms with Crippen LogP contribution in [0.2, 0.25) is 0 Å². The van der Waals surface area contributed by atoms with Gasteiger partial charge in [-0.3, -0.25) is 4.79 Å². The fourth-order valence-electron chi connectivity index (χ4n) is 4.11. The number of carbonyl (C=O) groups excluding carboxylic acids is 1. The van der Waals surface area contributed by atoms with Gasteiger partial charge in [-0.1, -0.05) is 23.5 Å². The Kier molecular flexibility index (Phi) is 5.42. The Morgan fingerprint density at radius 3 is 2.76 bits per heavy atom. The van der Waals surface area contributed by atoms with Crippen molar-refractivity contribution in [1.29, 1.82) is 0 Å². The molecule has 0 spiro atoms. The lowest BCUT2D eigenvalue weighted by Crippen LogP contribution is -3.13. The Morgan fingerprint density at radius 1 is 1.34 bits per heavy atom. The number of methoxy groups -OCH3 is 2. The molecule has 0 amide bonds. The zero-order chi connectivity index (χ0) is 20.5. The van der Waals surface area contributed by atoms with Gasteiger partial charge < -0.3 is 19.5 Å². The summed E-state index contributed by atoms with van der Waals surface area (Å²) in [5, 5.41) is 15.2. The fraction of sp³-hybridized carbons (Fsp3) is 0.450. The number of nitrogens with zero attached hydrogens (tertiary/aromatic N) is 3. The molecule has 29 heavy (non-hydrogen) atoms. The van der Waals surface area contributed by atoms with E-state index in [4.69, 9.17) is 9.47 Å². The molecule has 1 aromatic carbocycles. The van der Waals surface area contributed by atoms with E-state index in [1.54, 1.807) is 14.0 Å². The van der Waals surface area contributed by atoms with Crippen LogP contribution in [0.5, 0.6) is 11.6 Å². The minimum atomic E-state index is -0.140. The summed E-state index contributed by atoms with van der Waals surface area (Å²) in [4.78, 5) is 19.1. The number of hydrogen-bond acceptors (Lipinski definition) is 7. The lowest BCUT2D eigenvalue weighted by Gasteiger charge is -2.33. The Bertz CT molecular complexity index is 1020. The summed E-state index contributed by atoms with van der Waals surface area (Å²) in [6, 6.07) is 7.82. The zero-order valence-electron chi connectivity index (χ0n) is 16.7. The van der Waals surface area contributed by atoms with Crippen LogP contribution in [0.1, 0.15) is 35.1 Å². The second kappa shape index (κ2) is 8.00. The minimum Gasteiger partial charge on any atom is -0.497 e. The maximum Gasteiger partial charge on any atom is 0.309 e. The highest BCUT2D eigenvalue weighted by Crippen LogP contribution is 2.36. The number of rotatable bonds is 5. The summed E-state index contributed by atoms with van der Waals surface area (Å²) in [5.41, 5.74) is 1.05. The molecule has 9 heteroatoms. The smallest absolute Gasteiger partial charge is 0.309 e. The molecule has 1 saturated heterocycles. The highest BCUT2D eigenvalue weighted by atomic mass is 32.1. The number of quaternary nitrogens is 1. The summed E-state index contributed by atoms with van der Waals surface area (Å²) in [6.07, 6.45) is 1.51. The Balaban J connectivity index is 1.72. The van der Waals surface area contributed by atoms with E-state index in [0.29, 0.717) is 10.8 Å². The van der Waals surface area contributed by atoms with Gasteiger partial charge in [0, 0.05) is 18.4 Å². The lowest BCUT2D eigenvalue weighted by atomic mass is 9.93. The van der Waals surface area contributed by atoms with Crippen LogP contribution in [0.15, 0.2) is 24.3 Å². The molecule has 2 N–H and O–H groups in total. The van der Waals surface area contributed by atoms with Crippen LogP contribution in [-0.2, 0) is 9.53 Å². The van der Waals surface area contributed by atoms with Crippen LogP contribution < -0.4 is 9.64 Å². The molecule has 1 aliphatic rings. The van der Waals surface area contributed by atoms with E-state index < -0.39 is 0 Å². The number of piperidine rings is 1. The number of aromatic nitrogens is 3. The van der Waals surface area contributed by atoms with Crippen LogP contribution in [0.25, 0.3) is 4.96 Å². The van der Waals surface area contributed by atoms with Gasteiger partial charge in [0.05, 0.1) is 33.2 Å². The van der Waals surface area contributed by atoms with E-state index in [0.717, 1.165) is 42.1 Å². The van der Waals surface area contributed by atoms with E-state index >= 15 is 0 Å². The Morgan fingerprint density at radius 2 is 2.10 bits per heavy atom. The molecule has 1 atom stereocenters. The average Bonchev–Trinajstić information content (AvgIpc) is 3.25. The predicted octanol–water partition coefficient (Wildman–Crippen LogP) is 1.37. The van der Waals surface area contributed by atoms with Crippen LogP contribution in [-0.4, -0.2) is 53.0 Å². The van der Waals surface area contributed by atoms with E-state index in [9.17, 15) is 9.90 Å². The van der Waals surface area contributed by atoms with Gasteiger partial charge in [0.1, 0.15) is 16.5 Å². The monoisotopic (exact) mass is 417 g/mol. The standard InChI is InChI=1S/C20H24N4O4S/c1-12-21-20-24(22-12)18(25)17(29-20)16(14-5-4-6-15(11-14)27-2)23-9-7-13(8-10-23)19(26)28-3/h4-6,11,13,16,25H,7-10H2,1-3H3/p+1/t16-/m1/s1. The molecule has 154 valence electrons. The molecule has 0 saturated carbocycles. The number of carbonyl (C=O) groups is 1. The third-order valence-corrected chi connectivity index (χ3v) is 6.65. The highest BCUT2D eigenvalue weighted by Gasteiger charge is 2.37. The molecule has 0 radical (unpaired) electrons. The maximum atomic E-state index is 11.9. The van der Waals surface area contributed by atoms with Crippen molar-refractivity contribution in [2.45, 2.75) is 25.8 Å². The van der Waals surface area contributed by atoms with Crippen LogP contribution in [0.3, 0.4) is 0 Å². The van der Waals surface area contributed by atoms with Gasteiger partial charge in [0.15, 0.2) is 6.04 Å². The number of nitrogens with one attached hydrogen (secondary N) is 1. The van der Waals surface area contributed by atoms with Gasteiger partial charge in [-0.15, -0.1) is 5.10 Å². The normalized spacial score (nSPS) is 20.5. The first-order valence-corrected chi connectivity index (χ1v) is 10.4. The number of fused-ring (bicyclic) bond motifs is 1. The first-order chi connectivity index (χ1) is 14.0. The predicted molar refractivity (Wildman–Crippen MR) is 108 cm³/mol. The molecule has 4 rings (SSSR count). The molecule has 1 fully saturated rings. The molecule has 3 aromatic rings. The minimum absolute atomic E-state index is 0.0618. The molecular weight excluding hydrogens is 392 g/mol. The molecule has 3 heterocycles. The molecule has 2 aromatic heterocycles. The van der Waals surface area contributed by atoms with Gasteiger partial charge >= 0.3 is 5.97 Å². The molecular formula is C20H25N4O4S+. The summed E-state index contributed by atoms with van der Waals surface area (Å²) in [5.74, 6) is 1.32. The van der Waals surface area contributed by atoms with Gasteiger partial charge in [-0.2, -0.15) is 4.52 Å². The van der Waals surface area contributed by atoms with Crippen molar-refractivity contribution in [1.82, 2.24) is 14.6 Å². The van der Waals surface area contributed by atoms with Crippen molar-refractivity contribution >= 4 is 22.3 Å². The quantitative estimate of drug-likeness (QED) is 0.610. The number of esters is 1. The SMILES string of the molecule is COC(=O)C1CC[NH+]([C@H](c2cccc(OC)c2)c2sc3nc(C)nn3c2O)CC1. The first-order valence-electron chi connectivity index (χ1n) is 9.63. The Hall–Kier alpha value is -2.65. The fourth-order valence-corrected chi connectivity index (χ4v) is 5.30. The van der Waals surface area contributed by atoms with E-state index in [2.05, 4.69) is 10.1 Å². The first kappa shape index (κ1) is 19.7. The number of likely N-dealkylation sites (tertiary alicyclic amines) is 1. The number of aryl methyl sites for hydroxylation is 1. The third kappa shape index (κ3) is 3.67. The molecule has 1 aliphatic heterocycles. The molecule has 0 aliphatic carbocycles. The third-order valence-electron chi connectivity index (χ3n) is 5.57.